The normalized spacial score (nSPS) is 10.4. The van der Waals surface area contributed by atoms with Gasteiger partial charge in [0.25, 0.3) is 0 Å². The number of aromatic nitrogens is 1. The van der Waals surface area contributed by atoms with Crippen molar-refractivity contribution < 1.29 is 4.79 Å². The van der Waals surface area contributed by atoms with Crippen molar-refractivity contribution in [3.05, 3.63) is 42.1 Å². The maximum atomic E-state index is 11.1. The summed E-state index contributed by atoms with van der Waals surface area (Å²) in [6.45, 7) is 2.11. The van der Waals surface area contributed by atoms with Gasteiger partial charge in [0.15, 0.2) is 0 Å². The SMILES string of the molecule is CC(=O)N(C)Cc1ccc2ccccc2n1. The molecule has 0 saturated carbocycles. The van der Waals surface area contributed by atoms with E-state index in [1.54, 1.807) is 18.9 Å². The highest BCUT2D eigenvalue weighted by molar-refractivity contribution is 5.78. The molecule has 0 aliphatic heterocycles. The van der Waals surface area contributed by atoms with Crippen LogP contribution in [0, 0.1) is 0 Å². The Labute approximate surface area is 94.7 Å². The first kappa shape index (κ1) is 10.6. The highest BCUT2D eigenvalue weighted by Gasteiger charge is 2.04. The van der Waals surface area contributed by atoms with E-state index in [0.717, 1.165) is 16.6 Å². The van der Waals surface area contributed by atoms with E-state index in [1.807, 2.05) is 36.4 Å². The van der Waals surface area contributed by atoms with E-state index in [1.165, 1.54) is 0 Å². The number of fused-ring (bicyclic) bond motifs is 1. The molecule has 0 spiro atoms. The first-order chi connectivity index (χ1) is 7.66. The number of hydrogen-bond acceptors (Lipinski definition) is 2. The van der Waals surface area contributed by atoms with Gasteiger partial charge in [-0.15, -0.1) is 0 Å². The molecule has 1 aromatic carbocycles. The molecule has 3 heteroatoms. The third-order valence-electron chi connectivity index (χ3n) is 2.59. The third-order valence-corrected chi connectivity index (χ3v) is 2.59. The fraction of sp³-hybridized carbons (Fsp3) is 0.231. The molecule has 0 atom stereocenters. The summed E-state index contributed by atoms with van der Waals surface area (Å²) in [6, 6.07) is 12.0. The van der Waals surface area contributed by atoms with Crippen LogP contribution in [0.1, 0.15) is 12.6 Å². The fourth-order valence-electron chi connectivity index (χ4n) is 1.55. The van der Waals surface area contributed by atoms with E-state index < -0.39 is 0 Å². The van der Waals surface area contributed by atoms with E-state index in [2.05, 4.69) is 4.98 Å². The van der Waals surface area contributed by atoms with Gasteiger partial charge < -0.3 is 4.90 Å². The van der Waals surface area contributed by atoms with E-state index in [9.17, 15) is 4.79 Å². The van der Waals surface area contributed by atoms with Gasteiger partial charge in [0, 0.05) is 19.4 Å². The molecule has 2 rings (SSSR count). The number of amides is 1. The van der Waals surface area contributed by atoms with E-state index in [0.29, 0.717) is 6.54 Å². The molecule has 0 aliphatic rings. The van der Waals surface area contributed by atoms with Crippen molar-refractivity contribution in [1.82, 2.24) is 9.88 Å². The summed E-state index contributed by atoms with van der Waals surface area (Å²) in [5.74, 6) is 0.0509. The molecule has 0 bridgehead atoms. The maximum absolute atomic E-state index is 11.1. The Hall–Kier alpha value is -1.90. The van der Waals surface area contributed by atoms with Crippen LogP contribution in [0.2, 0.25) is 0 Å². The molecule has 1 amide bonds. The molecule has 0 saturated heterocycles. The van der Waals surface area contributed by atoms with Gasteiger partial charge in [-0.2, -0.15) is 0 Å². The number of nitrogens with zero attached hydrogens (tertiary/aromatic N) is 2. The summed E-state index contributed by atoms with van der Waals surface area (Å²) in [6.07, 6.45) is 0. The van der Waals surface area contributed by atoms with Gasteiger partial charge in [0.05, 0.1) is 17.8 Å². The van der Waals surface area contributed by atoms with Crippen LogP contribution in [0.4, 0.5) is 0 Å². The Morgan fingerprint density at radius 3 is 2.75 bits per heavy atom. The summed E-state index contributed by atoms with van der Waals surface area (Å²) >= 11 is 0. The zero-order chi connectivity index (χ0) is 11.5. The van der Waals surface area contributed by atoms with Crippen molar-refractivity contribution in [3.63, 3.8) is 0 Å². The smallest absolute Gasteiger partial charge is 0.219 e. The molecule has 0 N–H and O–H groups in total. The molecule has 82 valence electrons. The number of pyridine rings is 1. The van der Waals surface area contributed by atoms with E-state index >= 15 is 0 Å². The molecule has 1 aromatic heterocycles. The highest BCUT2D eigenvalue weighted by Crippen LogP contribution is 2.12. The lowest BCUT2D eigenvalue weighted by atomic mass is 10.2. The first-order valence-electron chi connectivity index (χ1n) is 5.23. The minimum absolute atomic E-state index is 0.0509. The largest absolute Gasteiger partial charge is 0.340 e. The number of benzene rings is 1. The second-order valence-electron chi connectivity index (χ2n) is 3.87. The Morgan fingerprint density at radius 2 is 2.00 bits per heavy atom. The Morgan fingerprint density at radius 1 is 1.25 bits per heavy atom. The van der Waals surface area contributed by atoms with Gasteiger partial charge in [-0.25, -0.2) is 0 Å². The van der Waals surface area contributed by atoms with Gasteiger partial charge in [0.1, 0.15) is 0 Å². The summed E-state index contributed by atoms with van der Waals surface area (Å²) in [7, 11) is 1.78. The van der Waals surface area contributed by atoms with E-state index in [-0.39, 0.29) is 5.91 Å². The number of rotatable bonds is 2. The van der Waals surface area contributed by atoms with Crippen LogP contribution in [-0.2, 0) is 11.3 Å². The predicted octanol–water partition coefficient (Wildman–Crippen LogP) is 2.21. The molecule has 0 aliphatic carbocycles. The molecule has 0 unspecified atom stereocenters. The zero-order valence-corrected chi connectivity index (χ0v) is 9.47. The molecule has 0 fully saturated rings. The number of hydrogen-bond donors (Lipinski definition) is 0. The lowest BCUT2D eigenvalue weighted by Gasteiger charge is -2.14. The van der Waals surface area contributed by atoms with Crippen LogP contribution in [0.25, 0.3) is 10.9 Å². The molecule has 16 heavy (non-hydrogen) atoms. The topological polar surface area (TPSA) is 33.2 Å². The lowest BCUT2D eigenvalue weighted by Crippen LogP contribution is -2.23. The molecule has 3 nitrogen and oxygen atoms in total. The summed E-state index contributed by atoms with van der Waals surface area (Å²) in [5.41, 5.74) is 1.88. The van der Waals surface area contributed by atoms with Crippen molar-refractivity contribution in [2.24, 2.45) is 0 Å². The zero-order valence-electron chi connectivity index (χ0n) is 9.47. The average molecular weight is 214 g/mol. The van der Waals surface area contributed by atoms with Gasteiger partial charge in [-0.3, -0.25) is 9.78 Å². The summed E-state index contributed by atoms with van der Waals surface area (Å²) in [4.78, 5) is 17.3. The minimum atomic E-state index is 0.0509. The first-order valence-corrected chi connectivity index (χ1v) is 5.23. The van der Waals surface area contributed by atoms with Crippen LogP contribution in [0.3, 0.4) is 0 Å². The van der Waals surface area contributed by atoms with Crippen molar-refractivity contribution >= 4 is 16.8 Å². The van der Waals surface area contributed by atoms with Crippen LogP contribution < -0.4 is 0 Å². The van der Waals surface area contributed by atoms with Crippen molar-refractivity contribution in [2.75, 3.05) is 7.05 Å². The van der Waals surface area contributed by atoms with Crippen molar-refractivity contribution in [2.45, 2.75) is 13.5 Å². The summed E-state index contributed by atoms with van der Waals surface area (Å²) < 4.78 is 0. The monoisotopic (exact) mass is 214 g/mol. The maximum Gasteiger partial charge on any atom is 0.219 e. The fourth-order valence-corrected chi connectivity index (χ4v) is 1.55. The summed E-state index contributed by atoms with van der Waals surface area (Å²) in [5, 5.41) is 1.12. The second kappa shape index (κ2) is 4.31. The third kappa shape index (κ3) is 2.19. The van der Waals surface area contributed by atoms with Gasteiger partial charge in [-0.05, 0) is 12.1 Å². The Balaban J connectivity index is 2.29. The van der Waals surface area contributed by atoms with Crippen LogP contribution >= 0.6 is 0 Å². The number of carbonyl (C=O) groups excluding carboxylic acids is 1. The predicted molar refractivity (Wildman–Crippen MR) is 63.9 cm³/mol. The van der Waals surface area contributed by atoms with Crippen LogP contribution in [0.5, 0.6) is 0 Å². The number of para-hydroxylation sites is 1. The van der Waals surface area contributed by atoms with Gasteiger partial charge in [-0.1, -0.05) is 24.3 Å². The van der Waals surface area contributed by atoms with Crippen LogP contribution in [0.15, 0.2) is 36.4 Å². The molecular weight excluding hydrogens is 200 g/mol. The second-order valence-corrected chi connectivity index (χ2v) is 3.87. The quantitative estimate of drug-likeness (QED) is 0.768. The highest BCUT2D eigenvalue weighted by atomic mass is 16.2. The minimum Gasteiger partial charge on any atom is -0.340 e. The van der Waals surface area contributed by atoms with E-state index in [4.69, 9.17) is 0 Å². The van der Waals surface area contributed by atoms with Gasteiger partial charge in [0.2, 0.25) is 5.91 Å². The van der Waals surface area contributed by atoms with Gasteiger partial charge >= 0.3 is 0 Å². The van der Waals surface area contributed by atoms with Crippen molar-refractivity contribution in [3.8, 4) is 0 Å². The standard InChI is InChI=1S/C13H14N2O/c1-10(16)15(2)9-12-8-7-11-5-3-4-6-13(11)14-12/h3-8H,9H2,1-2H3. The Bertz CT molecular complexity index is 522. The Kier molecular flexibility index (Phi) is 2.86. The molecule has 2 aromatic rings. The van der Waals surface area contributed by atoms with Crippen LogP contribution in [-0.4, -0.2) is 22.8 Å². The lowest BCUT2D eigenvalue weighted by molar-refractivity contribution is -0.128. The molecular formula is C13H14N2O. The molecule has 1 heterocycles. The molecule has 0 radical (unpaired) electrons. The number of carbonyl (C=O) groups is 1. The van der Waals surface area contributed by atoms with Crippen molar-refractivity contribution in [1.29, 1.82) is 0 Å². The average Bonchev–Trinajstić information content (AvgIpc) is 2.28.